The number of sulfonamides is 1. The number of H-pyrrole nitrogens is 1. The van der Waals surface area contributed by atoms with Crippen molar-refractivity contribution in [3.05, 3.63) is 87.3 Å². The second-order valence-electron chi connectivity index (χ2n) is 6.42. The van der Waals surface area contributed by atoms with Crippen molar-refractivity contribution >= 4 is 21.5 Å². The minimum absolute atomic E-state index is 0.0896. The highest BCUT2D eigenvalue weighted by molar-refractivity contribution is 7.92. The van der Waals surface area contributed by atoms with Crippen LogP contribution in [0.25, 0.3) is 0 Å². The van der Waals surface area contributed by atoms with E-state index in [4.69, 9.17) is 0 Å². The fraction of sp³-hybridized carbons (Fsp3) is 0.150. The summed E-state index contributed by atoms with van der Waals surface area (Å²) in [5.41, 5.74) is 2.68. The van der Waals surface area contributed by atoms with E-state index in [1.807, 2.05) is 0 Å². The van der Waals surface area contributed by atoms with Gasteiger partial charge in [0.1, 0.15) is 0 Å². The highest BCUT2D eigenvalue weighted by Crippen LogP contribution is 2.18. The van der Waals surface area contributed by atoms with Crippen LogP contribution < -0.4 is 10.3 Å². The average Bonchev–Trinajstić information content (AvgIpc) is 2.65. The van der Waals surface area contributed by atoms with Crippen molar-refractivity contribution < 1.29 is 13.2 Å². The Morgan fingerprint density at radius 2 is 1.71 bits per heavy atom. The summed E-state index contributed by atoms with van der Waals surface area (Å²) in [6.45, 7) is 3.23. The van der Waals surface area contributed by atoms with Crippen LogP contribution in [0.4, 0.5) is 5.69 Å². The summed E-state index contributed by atoms with van der Waals surface area (Å²) in [6, 6.07) is 14.2. The van der Waals surface area contributed by atoms with Crippen molar-refractivity contribution in [3.8, 4) is 0 Å². The monoisotopic (exact) mass is 397 g/mol. The van der Waals surface area contributed by atoms with Gasteiger partial charge in [-0.05, 0) is 61.9 Å². The van der Waals surface area contributed by atoms with Crippen molar-refractivity contribution in [1.82, 2.24) is 10.2 Å². The molecule has 0 aliphatic heterocycles. The molecule has 0 bridgehead atoms. The minimum Gasteiger partial charge on any atom is -0.295 e. The van der Waals surface area contributed by atoms with Gasteiger partial charge in [-0.15, -0.1) is 0 Å². The van der Waals surface area contributed by atoms with Gasteiger partial charge in [-0.1, -0.05) is 12.1 Å². The number of hydrogen-bond acceptors (Lipinski definition) is 5. The predicted molar refractivity (Wildman–Crippen MR) is 106 cm³/mol. The van der Waals surface area contributed by atoms with Gasteiger partial charge in [0.05, 0.1) is 10.6 Å². The van der Waals surface area contributed by atoms with Crippen LogP contribution in [0.2, 0.25) is 0 Å². The van der Waals surface area contributed by atoms with Crippen molar-refractivity contribution in [2.75, 3.05) is 4.72 Å². The van der Waals surface area contributed by atoms with Crippen LogP contribution in [-0.4, -0.2) is 24.4 Å². The fourth-order valence-electron chi connectivity index (χ4n) is 2.69. The summed E-state index contributed by atoms with van der Waals surface area (Å²) in [5, 5.41) is 6.27. The first kappa shape index (κ1) is 19.5. The van der Waals surface area contributed by atoms with Gasteiger partial charge in [-0.3, -0.25) is 14.3 Å². The van der Waals surface area contributed by atoms with Gasteiger partial charge >= 0.3 is 0 Å². The molecule has 144 valence electrons. The molecule has 3 aromatic rings. The molecule has 3 rings (SSSR count). The second-order valence-corrected chi connectivity index (χ2v) is 8.11. The van der Waals surface area contributed by atoms with Crippen molar-refractivity contribution in [2.45, 2.75) is 25.2 Å². The van der Waals surface area contributed by atoms with E-state index in [1.165, 1.54) is 19.1 Å². The normalized spacial score (nSPS) is 11.2. The summed E-state index contributed by atoms with van der Waals surface area (Å²) < 4.78 is 27.6. The van der Waals surface area contributed by atoms with Gasteiger partial charge < -0.3 is 0 Å². The van der Waals surface area contributed by atoms with Crippen LogP contribution >= 0.6 is 0 Å². The lowest BCUT2D eigenvalue weighted by atomic mass is 10.1. The number of rotatable bonds is 6. The van der Waals surface area contributed by atoms with Crippen LogP contribution in [0, 0.1) is 6.92 Å². The number of nitrogens with one attached hydrogen (secondary N) is 2. The Morgan fingerprint density at radius 1 is 1.07 bits per heavy atom. The molecule has 0 saturated heterocycles. The standard InChI is InChI=1S/C20H19N3O4S/c1-13-11-17(20(25)22-21-13)12-15-3-9-19(10-4-15)28(26,27)23-18-7-5-16(6-8-18)14(2)24/h3-11,23H,12H2,1-2H3,(H,22,25). The molecule has 1 heterocycles. The zero-order chi connectivity index (χ0) is 20.3. The number of ketones is 1. The number of carbonyl (C=O) groups is 1. The molecule has 0 aliphatic rings. The molecule has 0 aliphatic carbocycles. The van der Waals surface area contributed by atoms with Gasteiger partial charge in [-0.25, -0.2) is 13.5 Å². The third-order valence-electron chi connectivity index (χ3n) is 4.18. The second kappa shape index (κ2) is 7.77. The maximum absolute atomic E-state index is 12.5. The molecule has 0 unspecified atom stereocenters. The summed E-state index contributed by atoms with van der Waals surface area (Å²) in [6.07, 6.45) is 0.374. The lowest BCUT2D eigenvalue weighted by molar-refractivity contribution is 0.101. The van der Waals surface area contributed by atoms with Crippen molar-refractivity contribution in [3.63, 3.8) is 0 Å². The topological polar surface area (TPSA) is 109 Å². The molecule has 2 aromatic carbocycles. The summed E-state index contributed by atoms with van der Waals surface area (Å²) in [7, 11) is -3.76. The number of hydrogen-bond donors (Lipinski definition) is 2. The quantitative estimate of drug-likeness (QED) is 0.622. The van der Waals surface area contributed by atoms with Crippen LogP contribution in [0.1, 0.15) is 34.1 Å². The number of anilines is 1. The largest absolute Gasteiger partial charge is 0.295 e. The van der Waals surface area contributed by atoms with Gasteiger partial charge in [0.2, 0.25) is 0 Å². The number of aromatic amines is 1. The summed E-state index contributed by atoms with van der Waals surface area (Å²) in [5.74, 6) is -0.0896. The first-order valence-corrected chi connectivity index (χ1v) is 10.0. The smallest absolute Gasteiger partial charge is 0.267 e. The SMILES string of the molecule is CC(=O)c1ccc(NS(=O)(=O)c2ccc(Cc3cc(C)n[nH]c3=O)cc2)cc1. The molecule has 0 spiro atoms. The molecule has 0 saturated carbocycles. The maximum Gasteiger partial charge on any atom is 0.267 e. The van der Waals surface area contributed by atoms with E-state index < -0.39 is 10.0 Å². The Balaban J connectivity index is 1.77. The molecule has 8 heteroatoms. The van der Waals surface area contributed by atoms with E-state index in [-0.39, 0.29) is 16.2 Å². The molecule has 0 radical (unpaired) electrons. The van der Waals surface area contributed by atoms with Gasteiger partial charge in [-0.2, -0.15) is 5.10 Å². The Hall–Kier alpha value is -3.26. The van der Waals surface area contributed by atoms with E-state index in [0.717, 1.165) is 5.56 Å². The zero-order valence-electron chi connectivity index (χ0n) is 15.4. The molecular formula is C20H19N3O4S. The van der Waals surface area contributed by atoms with E-state index >= 15 is 0 Å². The van der Waals surface area contributed by atoms with E-state index in [0.29, 0.717) is 28.9 Å². The number of carbonyl (C=O) groups excluding carboxylic acids is 1. The van der Waals surface area contributed by atoms with Crippen molar-refractivity contribution in [1.29, 1.82) is 0 Å². The molecule has 0 amide bonds. The van der Waals surface area contributed by atoms with Crippen LogP contribution in [0.15, 0.2) is 64.3 Å². The Kier molecular flexibility index (Phi) is 5.41. The third kappa shape index (κ3) is 4.52. The Morgan fingerprint density at radius 3 is 2.32 bits per heavy atom. The number of aryl methyl sites for hydroxylation is 1. The van der Waals surface area contributed by atoms with Crippen LogP contribution in [0.3, 0.4) is 0 Å². The highest BCUT2D eigenvalue weighted by atomic mass is 32.2. The summed E-state index contributed by atoms with van der Waals surface area (Å²) >= 11 is 0. The minimum atomic E-state index is -3.76. The third-order valence-corrected chi connectivity index (χ3v) is 5.58. The van der Waals surface area contributed by atoms with Gasteiger partial charge in [0.25, 0.3) is 15.6 Å². The molecule has 28 heavy (non-hydrogen) atoms. The molecule has 7 nitrogen and oxygen atoms in total. The fourth-order valence-corrected chi connectivity index (χ4v) is 3.74. The highest BCUT2D eigenvalue weighted by Gasteiger charge is 2.14. The Bertz CT molecular complexity index is 1170. The van der Waals surface area contributed by atoms with E-state index in [1.54, 1.807) is 49.4 Å². The van der Waals surface area contributed by atoms with Crippen molar-refractivity contribution in [2.24, 2.45) is 0 Å². The predicted octanol–water partition coefficient (Wildman–Crippen LogP) is 2.67. The molecule has 0 fully saturated rings. The number of nitrogens with zero attached hydrogens (tertiary/aromatic N) is 1. The van der Waals surface area contributed by atoms with Gasteiger partial charge in [0, 0.05) is 23.2 Å². The van der Waals surface area contributed by atoms with E-state index in [2.05, 4.69) is 14.9 Å². The molecular weight excluding hydrogens is 378 g/mol. The molecule has 0 atom stereocenters. The average molecular weight is 397 g/mol. The van der Waals surface area contributed by atoms with Crippen LogP contribution in [-0.2, 0) is 16.4 Å². The van der Waals surface area contributed by atoms with E-state index in [9.17, 15) is 18.0 Å². The number of aromatic nitrogens is 2. The first-order valence-electron chi connectivity index (χ1n) is 8.52. The molecule has 2 N–H and O–H groups in total. The molecule has 1 aromatic heterocycles. The Labute approximate surface area is 162 Å². The number of benzene rings is 2. The lowest BCUT2D eigenvalue weighted by Gasteiger charge is -2.09. The number of Topliss-reactive ketones (excluding diaryl/α,β-unsaturated/α-hetero) is 1. The van der Waals surface area contributed by atoms with Crippen LogP contribution in [0.5, 0.6) is 0 Å². The first-order chi connectivity index (χ1) is 13.2. The summed E-state index contributed by atoms with van der Waals surface area (Å²) in [4.78, 5) is 23.2. The maximum atomic E-state index is 12.5. The van der Waals surface area contributed by atoms with Gasteiger partial charge in [0.15, 0.2) is 5.78 Å². The lowest BCUT2D eigenvalue weighted by Crippen LogP contribution is -2.15. The zero-order valence-corrected chi connectivity index (χ0v) is 16.2.